The van der Waals surface area contributed by atoms with E-state index < -0.39 is 0 Å². The number of nitrogens with one attached hydrogen (secondary N) is 1. The Morgan fingerprint density at radius 1 is 1.32 bits per heavy atom. The van der Waals surface area contributed by atoms with Crippen molar-refractivity contribution in [3.8, 4) is 5.75 Å². The minimum absolute atomic E-state index is 0.0264. The molecule has 1 fully saturated rings. The number of ether oxygens (including phenoxy) is 1. The number of carbonyl (C=O) groups is 1. The fraction of sp³-hybridized carbons (Fsp3) is 0.500. The van der Waals surface area contributed by atoms with Crippen molar-refractivity contribution in [2.45, 2.75) is 59.1 Å². The number of nitrogens with zero attached hydrogens (tertiary/aromatic N) is 1. The van der Waals surface area contributed by atoms with Crippen molar-refractivity contribution < 1.29 is 14.1 Å². The van der Waals surface area contributed by atoms with Gasteiger partial charge in [-0.05, 0) is 50.8 Å². The zero-order valence-corrected chi connectivity index (χ0v) is 15.2. The maximum Gasteiger partial charge on any atom is 0.251 e. The minimum atomic E-state index is -0.0264. The average molecular weight is 342 g/mol. The van der Waals surface area contributed by atoms with E-state index in [9.17, 15) is 4.79 Å². The van der Waals surface area contributed by atoms with Gasteiger partial charge in [0.15, 0.2) is 0 Å². The zero-order chi connectivity index (χ0) is 17.8. The molecule has 0 spiro atoms. The largest absolute Gasteiger partial charge is 0.489 e. The number of benzene rings is 1. The topological polar surface area (TPSA) is 64.4 Å². The van der Waals surface area contributed by atoms with Gasteiger partial charge in [-0.1, -0.05) is 31.0 Å². The Morgan fingerprint density at radius 3 is 2.84 bits per heavy atom. The van der Waals surface area contributed by atoms with Crippen molar-refractivity contribution >= 4 is 5.91 Å². The summed E-state index contributed by atoms with van der Waals surface area (Å²) < 4.78 is 11.0. The van der Waals surface area contributed by atoms with Crippen LogP contribution in [-0.4, -0.2) is 17.1 Å². The fourth-order valence-electron chi connectivity index (χ4n) is 3.37. The molecule has 0 saturated heterocycles. The van der Waals surface area contributed by atoms with E-state index in [4.69, 9.17) is 9.26 Å². The molecule has 2 atom stereocenters. The molecule has 1 heterocycles. The van der Waals surface area contributed by atoms with Crippen LogP contribution in [0.25, 0.3) is 0 Å². The molecule has 1 aliphatic rings. The van der Waals surface area contributed by atoms with Crippen LogP contribution in [0, 0.1) is 19.8 Å². The first-order valence-corrected chi connectivity index (χ1v) is 9.00. The second-order valence-corrected chi connectivity index (χ2v) is 6.96. The SMILES string of the molecule is Cc1noc(C)c1COc1cccc(C(=O)N[C@H]2CCCC[C@@H]2C)c1. The van der Waals surface area contributed by atoms with Crippen molar-refractivity contribution in [2.75, 3.05) is 0 Å². The van der Waals surface area contributed by atoms with Crippen LogP contribution < -0.4 is 10.1 Å². The summed E-state index contributed by atoms with van der Waals surface area (Å²) in [6.45, 7) is 6.36. The van der Waals surface area contributed by atoms with Crippen LogP contribution in [0.1, 0.15) is 60.0 Å². The Hall–Kier alpha value is -2.30. The van der Waals surface area contributed by atoms with Gasteiger partial charge in [-0.25, -0.2) is 0 Å². The van der Waals surface area contributed by atoms with Crippen LogP contribution in [0.3, 0.4) is 0 Å². The van der Waals surface area contributed by atoms with Crippen LogP contribution in [0.15, 0.2) is 28.8 Å². The van der Waals surface area contributed by atoms with Crippen LogP contribution >= 0.6 is 0 Å². The van der Waals surface area contributed by atoms with Gasteiger partial charge in [0.05, 0.1) is 11.3 Å². The molecule has 0 aliphatic heterocycles. The second-order valence-electron chi connectivity index (χ2n) is 6.96. The molecule has 1 N–H and O–H groups in total. The Labute approximate surface area is 148 Å². The molecular weight excluding hydrogens is 316 g/mol. The lowest BCUT2D eigenvalue weighted by Gasteiger charge is -2.29. The lowest BCUT2D eigenvalue weighted by atomic mass is 9.86. The summed E-state index contributed by atoms with van der Waals surface area (Å²) in [6.07, 6.45) is 4.70. The first-order chi connectivity index (χ1) is 12.0. The molecule has 3 rings (SSSR count). The highest BCUT2D eigenvalue weighted by molar-refractivity contribution is 5.94. The third-order valence-electron chi connectivity index (χ3n) is 5.09. The van der Waals surface area contributed by atoms with Gasteiger partial charge in [0.2, 0.25) is 0 Å². The number of amides is 1. The molecule has 0 unspecified atom stereocenters. The van der Waals surface area contributed by atoms with Gasteiger partial charge in [-0.3, -0.25) is 4.79 Å². The molecule has 1 saturated carbocycles. The van der Waals surface area contributed by atoms with Crippen LogP contribution in [0.2, 0.25) is 0 Å². The van der Waals surface area contributed by atoms with Crippen LogP contribution in [0.5, 0.6) is 5.75 Å². The summed E-state index contributed by atoms with van der Waals surface area (Å²) in [5.41, 5.74) is 2.41. The monoisotopic (exact) mass is 342 g/mol. The molecule has 0 bridgehead atoms. The molecule has 25 heavy (non-hydrogen) atoms. The Morgan fingerprint density at radius 2 is 2.12 bits per heavy atom. The predicted molar refractivity (Wildman–Crippen MR) is 95.6 cm³/mol. The van der Waals surface area contributed by atoms with Gasteiger partial charge in [0, 0.05) is 11.6 Å². The summed E-state index contributed by atoms with van der Waals surface area (Å²) in [4.78, 5) is 12.6. The van der Waals surface area contributed by atoms with E-state index in [0.29, 0.717) is 23.8 Å². The first kappa shape index (κ1) is 17.5. The quantitative estimate of drug-likeness (QED) is 0.885. The molecule has 2 aromatic rings. The second kappa shape index (κ2) is 7.72. The van der Waals surface area contributed by atoms with E-state index >= 15 is 0 Å². The molecule has 1 aromatic heterocycles. The van der Waals surface area contributed by atoms with Gasteiger partial charge < -0.3 is 14.6 Å². The molecule has 5 heteroatoms. The number of aryl methyl sites for hydroxylation is 2. The highest BCUT2D eigenvalue weighted by Crippen LogP contribution is 2.24. The first-order valence-electron chi connectivity index (χ1n) is 9.00. The van der Waals surface area contributed by atoms with Gasteiger partial charge >= 0.3 is 0 Å². The third-order valence-corrected chi connectivity index (χ3v) is 5.09. The molecule has 0 radical (unpaired) electrons. The molecule has 134 valence electrons. The number of rotatable bonds is 5. The normalized spacial score (nSPS) is 20.3. The average Bonchev–Trinajstić information content (AvgIpc) is 2.93. The Kier molecular flexibility index (Phi) is 5.41. The smallest absolute Gasteiger partial charge is 0.251 e. The summed E-state index contributed by atoms with van der Waals surface area (Å²) in [6, 6.07) is 7.60. The van der Waals surface area contributed by atoms with Crippen molar-refractivity contribution in [3.63, 3.8) is 0 Å². The van der Waals surface area contributed by atoms with Crippen molar-refractivity contribution in [1.29, 1.82) is 0 Å². The van der Waals surface area contributed by atoms with Gasteiger partial charge in [-0.15, -0.1) is 0 Å². The number of carbonyl (C=O) groups excluding carboxylic acids is 1. The number of hydrogen-bond donors (Lipinski definition) is 1. The molecule has 5 nitrogen and oxygen atoms in total. The van der Waals surface area contributed by atoms with E-state index in [0.717, 1.165) is 23.4 Å². The summed E-state index contributed by atoms with van der Waals surface area (Å²) >= 11 is 0. The number of aromatic nitrogens is 1. The van der Waals surface area contributed by atoms with E-state index in [1.54, 1.807) is 6.07 Å². The summed E-state index contributed by atoms with van der Waals surface area (Å²) in [7, 11) is 0. The minimum Gasteiger partial charge on any atom is -0.489 e. The van der Waals surface area contributed by atoms with Crippen molar-refractivity contribution in [2.24, 2.45) is 5.92 Å². The highest BCUT2D eigenvalue weighted by Gasteiger charge is 2.23. The molecule has 1 aliphatic carbocycles. The van der Waals surface area contributed by atoms with Gasteiger partial charge in [-0.2, -0.15) is 0 Å². The Balaban J connectivity index is 1.63. The van der Waals surface area contributed by atoms with E-state index in [-0.39, 0.29) is 11.9 Å². The lowest BCUT2D eigenvalue weighted by Crippen LogP contribution is -2.41. The van der Waals surface area contributed by atoms with Crippen molar-refractivity contribution in [3.05, 3.63) is 46.8 Å². The molecule has 1 amide bonds. The number of hydrogen-bond acceptors (Lipinski definition) is 4. The Bertz CT molecular complexity index is 719. The predicted octanol–water partition coefficient (Wildman–Crippen LogP) is 4.18. The van der Waals surface area contributed by atoms with E-state index in [1.807, 2.05) is 32.0 Å². The van der Waals surface area contributed by atoms with E-state index in [1.165, 1.54) is 19.3 Å². The molecule has 1 aromatic carbocycles. The van der Waals surface area contributed by atoms with Gasteiger partial charge in [0.25, 0.3) is 5.91 Å². The van der Waals surface area contributed by atoms with Gasteiger partial charge in [0.1, 0.15) is 18.1 Å². The van der Waals surface area contributed by atoms with E-state index in [2.05, 4.69) is 17.4 Å². The lowest BCUT2D eigenvalue weighted by molar-refractivity contribution is 0.0909. The fourth-order valence-corrected chi connectivity index (χ4v) is 3.37. The van der Waals surface area contributed by atoms with Crippen LogP contribution in [0.4, 0.5) is 0 Å². The zero-order valence-electron chi connectivity index (χ0n) is 15.2. The summed E-state index contributed by atoms with van der Waals surface area (Å²) in [5.74, 6) is 1.94. The third kappa shape index (κ3) is 4.21. The maximum absolute atomic E-state index is 12.6. The van der Waals surface area contributed by atoms with Crippen LogP contribution in [-0.2, 0) is 6.61 Å². The maximum atomic E-state index is 12.6. The standard InChI is InChI=1S/C20H26N2O3/c1-13-7-4-5-10-19(13)21-20(23)16-8-6-9-17(11-16)24-12-18-14(2)22-25-15(18)3/h6,8-9,11,13,19H,4-5,7,10,12H2,1-3H3,(H,21,23)/t13-,19-/m0/s1. The highest BCUT2D eigenvalue weighted by atomic mass is 16.5. The van der Waals surface area contributed by atoms with Crippen molar-refractivity contribution in [1.82, 2.24) is 10.5 Å². The molecular formula is C20H26N2O3. The summed E-state index contributed by atoms with van der Waals surface area (Å²) in [5, 5.41) is 7.11.